The van der Waals surface area contributed by atoms with E-state index >= 15 is 0 Å². The largest absolute Gasteiger partial charge is 0.308 e. The zero-order chi connectivity index (χ0) is 17.6. The van der Waals surface area contributed by atoms with Gasteiger partial charge in [0.05, 0.1) is 16.2 Å². The van der Waals surface area contributed by atoms with Crippen molar-refractivity contribution in [3.05, 3.63) is 33.1 Å². The summed E-state index contributed by atoms with van der Waals surface area (Å²) in [4.78, 5) is 29.6. The van der Waals surface area contributed by atoms with Gasteiger partial charge in [0.15, 0.2) is 0 Å². The first-order valence-electron chi connectivity index (χ1n) is 7.78. The summed E-state index contributed by atoms with van der Waals surface area (Å²) >= 11 is 10.0. The van der Waals surface area contributed by atoms with Crippen molar-refractivity contribution in [2.45, 2.75) is 33.2 Å². The minimum Gasteiger partial charge on any atom is -0.308 e. The number of thiocarbonyl (C=S) groups is 1. The van der Waals surface area contributed by atoms with Crippen molar-refractivity contribution in [1.82, 2.24) is 4.90 Å². The Morgan fingerprint density at radius 2 is 1.96 bits per heavy atom. The van der Waals surface area contributed by atoms with Gasteiger partial charge in [-0.05, 0) is 38.5 Å². The minimum atomic E-state index is -0.173. The first kappa shape index (κ1) is 17.6. The van der Waals surface area contributed by atoms with Crippen LogP contribution in [0.25, 0.3) is 5.57 Å². The number of fused-ring (bicyclic) bond motifs is 1. The van der Waals surface area contributed by atoms with E-state index in [0.29, 0.717) is 21.3 Å². The second kappa shape index (κ2) is 6.61. The molecular formula is C17H17BrN2O2S2. The molecule has 7 heteroatoms. The third kappa shape index (κ3) is 2.72. The van der Waals surface area contributed by atoms with Gasteiger partial charge in [0.25, 0.3) is 11.8 Å². The van der Waals surface area contributed by atoms with Crippen LogP contribution in [0, 0.1) is 0 Å². The van der Waals surface area contributed by atoms with E-state index in [1.807, 2.05) is 39.0 Å². The van der Waals surface area contributed by atoms with Crippen LogP contribution in [-0.4, -0.2) is 33.6 Å². The summed E-state index contributed by atoms with van der Waals surface area (Å²) in [6.45, 7) is 6.50. The lowest BCUT2D eigenvalue weighted by atomic mass is 10.1. The van der Waals surface area contributed by atoms with E-state index in [0.717, 1.165) is 22.1 Å². The zero-order valence-electron chi connectivity index (χ0n) is 13.6. The second-order valence-corrected chi connectivity index (χ2v) is 8.52. The van der Waals surface area contributed by atoms with Crippen molar-refractivity contribution in [2.24, 2.45) is 0 Å². The Morgan fingerprint density at radius 1 is 1.25 bits per heavy atom. The van der Waals surface area contributed by atoms with Crippen LogP contribution in [0.2, 0.25) is 0 Å². The van der Waals surface area contributed by atoms with Crippen LogP contribution in [0.3, 0.4) is 0 Å². The molecule has 0 aromatic heterocycles. The van der Waals surface area contributed by atoms with Gasteiger partial charge in [-0.25, -0.2) is 0 Å². The molecule has 2 amide bonds. The molecule has 2 heterocycles. The topological polar surface area (TPSA) is 40.6 Å². The number of hydrogen-bond acceptors (Lipinski definition) is 4. The molecule has 2 aliphatic rings. The molecule has 24 heavy (non-hydrogen) atoms. The van der Waals surface area contributed by atoms with Gasteiger partial charge in [0.2, 0.25) is 0 Å². The van der Waals surface area contributed by atoms with E-state index in [2.05, 4.69) is 15.9 Å². The number of carbonyl (C=O) groups excluding carboxylic acids is 2. The van der Waals surface area contributed by atoms with Crippen LogP contribution >= 0.6 is 39.9 Å². The summed E-state index contributed by atoms with van der Waals surface area (Å²) < 4.78 is 1.39. The van der Waals surface area contributed by atoms with Gasteiger partial charge in [-0.2, -0.15) is 0 Å². The van der Waals surface area contributed by atoms with Gasteiger partial charge in [0.1, 0.15) is 4.32 Å². The number of benzene rings is 1. The van der Waals surface area contributed by atoms with Crippen molar-refractivity contribution in [3.63, 3.8) is 0 Å². The van der Waals surface area contributed by atoms with Crippen molar-refractivity contribution >= 4 is 67.3 Å². The lowest BCUT2D eigenvalue weighted by Crippen LogP contribution is -2.35. The predicted molar refractivity (Wildman–Crippen MR) is 106 cm³/mol. The maximum Gasteiger partial charge on any atom is 0.267 e. The van der Waals surface area contributed by atoms with Crippen LogP contribution in [0.15, 0.2) is 27.6 Å². The second-order valence-electron chi connectivity index (χ2n) is 5.96. The molecule has 0 bridgehead atoms. The number of anilines is 1. The van der Waals surface area contributed by atoms with Crippen molar-refractivity contribution in [1.29, 1.82) is 0 Å². The van der Waals surface area contributed by atoms with Crippen molar-refractivity contribution in [2.75, 3.05) is 11.4 Å². The fourth-order valence-corrected chi connectivity index (χ4v) is 4.90. The average Bonchev–Trinajstić information content (AvgIpc) is 2.94. The first-order valence-corrected chi connectivity index (χ1v) is 9.80. The molecule has 2 aliphatic heterocycles. The predicted octanol–water partition coefficient (Wildman–Crippen LogP) is 4.19. The quantitative estimate of drug-likeness (QED) is 0.538. The summed E-state index contributed by atoms with van der Waals surface area (Å²) in [5.41, 5.74) is 2.13. The minimum absolute atomic E-state index is 0.0270. The molecule has 0 aliphatic carbocycles. The molecule has 0 N–H and O–H groups in total. The fourth-order valence-electron chi connectivity index (χ4n) is 2.94. The molecule has 1 aromatic rings. The van der Waals surface area contributed by atoms with Gasteiger partial charge >= 0.3 is 0 Å². The Balaban J connectivity index is 2.18. The number of hydrogen-bond donors (Lipinski definition) is 0. The molecule has 0 spiro atoms. The Kier molecular flexibility index (Phi) is 4.86. The maximum atomic E-state index is 13.0. The molecule has 126 valence electrons. The van der Waals surface area contributed by atoms with E-state index in [1.165, 1.54) is 11.8 Å². The van der Waals surface area contributed by atoms with Crippen LogP contribution < -0.4 is 4.90 Å². The maximum absolute atomic E-state index is 13.0. The van der Waals surface area contributed by atoms with Gasteiger partial charge in [0, 0.05) is 22.6 Å². The molecule has 0 radical (unpaired) electrons. The number of nitrogens with zero attached hydrogens (tertiary/aromatic N) is 2. The molecule has 0 atom stereocenters. The van der Waals surface area contributed by atoms with Crippen LogP contribution in [0.5, 0.6) is 0 Å². The lowest BCUT2D eigenvalue weighted by molar-refractivity contribution is -0.123. The standard InChI is InChI=1S/C17H17BrN2O2S2/c1-4-7-19-12-6-5-10(18)8-11(12)13(15(19)21)14-16(22)20(9(2)3)17(23)24-14/h5-6,8-9H,4,7H2,1-3H3. The summed E-state index contributed by atoms with van der Waals surface area (Å²) in [6.07, 6.45) is 0.849. The molecule has 1 fully saturated rings. The first-order chi connectivity index (χ1) is 11.4. The highest BCUT2D eigenvalue weighted by molar-refractivity contribution is 9.10. The van der Waals surface area contributed by atoms with E-state index in [1.54, 1.807) is 9.80 Å². The molecule has 4 nitrogen and oxygen atoms in total. The Hall–Kier alpha value is -1.18. The number of thioether (sulfide) groups is 1. The lowest BCUT2D eigenvalue weighted by Gasteiger charge is -2.18. The number of halogens is 1. The van der Waals surface area contributed by atoms with Crippen molar-refractivity contribution < 1.29 is 9.59 Å². The average molecular weight is 425 g/mol. The molecular weight excluding hydrogens is 408 g/mol. The molecule has 1 aromatic carbocycles. The fraction of sp³-hybridized carbons (Fsp3) is 0.353. The zero-order valence-corrected chi connectivity index (χ0v) is 16.8. The van der Waals surface area contributed by atoms with Crippen LogP contribution in [0.4, 0.5) is 5.69 Å². The summed E-state index contributed by atoms with van der Waals surface area (Å²) in [6, 6.07) is 5.71. The van der Waals surface area contributed by atoms with E-state index in [4.69, 9.17) is 12.2 Å². The van der Waals surface area contributed by atoms with Gasteiger partial charge in [-0.3, -0.25) is 14.5 Å². The van der Waals surface area contributed by atoms with E-state index in [-0.39, 0.29) is 17.9 Å². The summed E-state index contributed by atoms with van der Waals surface area (Å²) in [7, 11) is 0. The van der Waals surface area contributed by atoms with E-state index in [9.17, 15) is 9.59 Å². The summed E-state index contributed by atoms with van der Waals surface area (Å²) in [5.74, 6) is -0.290. The van der Waals surface area contributed by atoms with Gasteiger partial charge in [-0.1, -0.05) is 46.8 Å². The number of carbonyl (C=O) groups is 2. The normalized spacial score (nSPS) is 20.6. The smallest absolute Gasteiger partial charge is 0.267 e. The summed E-state index contributed by atoms with van der Waals surface area (Å²) in [5, 5.41) is 0. The Morgan fingerprint density at radius 3 is 2.54 bits per heavy atom. The van der Waals surface area contributed by atoms with Crippen LogP contribution in [0.1, 0.15) is 32.8 Å². The Bertz CT molecular complexity index is 789. The highest BCUT2D eigenvalue weighted by atomic mass is 79.9. The molecule has 0 unspecified atom stereocenters. The van der Waals surface area contributed by atoms with Crippen molar-refractivity contribution in [3.8, 4) is 0 Å². The number of rotatable bonds is 3. The number of amides is 2. The third-order valence-corrected chi connectivity index (χ3v) is 5.86. The van der Waals surface area contributed by atoms with E-state index < -0.39 is 0 Å². The molecule has 0 saturated carbocycles. The molecule has 1 saturated heterocycles. The van der Waals surface area contributed by atoms with Gasteiger partial charge < -0.3 is 4.90 Å². The van der Waals surface area contributed by atoms with Gasteiger partial charge in [-0.15, -0.1) is 0 Å². The third-order valence-electron chi connectivity index (χ3n) is 3.97. The SMILES string of the molecule is CCCN1C(=O)C(=C2SC(=S)N(C(C)C)C2=O)c2cc(Br)ccc21. The Labute approximate surface area is 159 Å². The highest BCUT2D eigenvalue weighted by Gasteiger charge is 2.42. The van der Waals surface area contributed by atoms with Crippen LogP contribution in [-0.2, 0) is 9.59 Å². The highest BCUT2D eigenvalue weighted by Crippen LogP contribution is 2.45. The molecule has 3 rings (SSSR count). The monoisotopic (exact) mass is 424 g/mol.